The Morgan fingerprint density at radius 3 is 2.89 bits per heavy atom. The number of rotatable bonds is 8. The number of pyridine rings is 2. The van der Waals surface area contributed by atoms with Crippen LogP contribution < -0.4 is 15.5 Å². The van der Waals surface area contributed by atoms with Crippen LogP contribution in [0.15, 0.2) is 18.3 Å². The summed E-state index contributed by atoms with van der Waals surface area (Å²) in [6.45, 7) is 2.36. The lowest BCUT2D eigenvalue weighted by Crippen LogP contribution is -2.55. The summed E-state index contributed by atoms with van der Waals surface area (Å²) in [4.78, 5) is 50.8. The van der Waals surface area contributed by atoms with E-state index in [0.717, 1.165) is 5.56 Å². The monoisotopic (exact) mass is 522 g/mol. The molecule has 1 fully saturated rings. The summed E-state index contributed by atoms with van der Waals surface area (Å²) in [6.07, 6.45) is 2.09. The fourth-order valence-corrected chi connectivity index (χ4v) is 4.43. The molecule has 1 saturated heterocycles. The van der Waals surface area contributed by atoms with Gasteiger partial charge < -0.3 is 20.1 Å². The second kappa shape index (κ2) is 12.0. The Labute approximate surface area is 220 Å². The van der Waals surface area contributed by atoms with Gasteiger partial charge in [-0.15, -0.1) is 0 Å². The maximum atomic E-state index is 13.2. The van der Waals surface area contributed by atoms with E-state index >= 15 is 0 Å². The maximum Gasteiger partial charge on any atom is 0.328 e. The maximum absolute atomic E-state index is 13.2. The molecule has 0 aromatic carbocycles. The first-order chi connectivity index (χ1) is 18.4. The van der Waals surface area contributed by atoms with Crippen LogP contribution in [0.1, 0.15) is 33.6 Å². The predicted octanol–water partition coefficient (Wildman–Crippen LogP) is 0.796. The highest BCUT2D eigenvalue weighted by molar-refractivity contribution is 6.02. The molecular weight excluding hydrogens is 492 g/mol. The number of nitrogens with zero attached hydrogens (tertiary/aromatic N) is 6. The van der Waals surface area contributed by atoms with Crippen molar-refractivity contribution in [3.05, 3.63) is 40.7 Å². The van der Waals surface area contributed by atoms with E-state index in [0.29, 0.717) is 74.5 Å². The molecule has 0 unspecified atom stereocenters. The minimum absolute atomic E-state index is 0.130. The molecule has 0 spiro atoms. The lowest BCUT2D eigenvalue weighted by Gasteiger charge is -2.36. The number of aryl methyl sites for hydroxylation is 1. The lowest BCUT2D eigenvalue weighted by molar-refractivity contribution is -0.157. The molecule has 38 heavy (non-hydrogen) atoms. The Morgan fingerprint density at radius 2 is 2.16 bits per heavy atom. The zero-order valence-electron chi connectivity index (χ0n) is 21.3. The number of aliphatic hydroxyl groups is 1. The van der Waals surface area contributed by atoms with Crippen molar-refractivity contribution in [2.24, 2.45) is 0 Å². The van der Waals surface area contributed by atoms with Gasteiger partial charge in [0.1, 0.15) is 23.4 Å². The van der Waals surface area contributed by atoms with E-state index in [-0.39, 0.29) is 18.1 Å². The second-order valence-corrected chi connectivity index (χ2v) is 9.08. The number of amides is 3. The van der Waals surface area contributed by atoms with E-state index in [1.54, 1.807) is 31.2 Å². The van der Waals surface area contributed by atoms with Gasteiger partial charge >= 0.3 is 6.03 Å². The van der Waals surface area contributed by atoms with Crippen LogP contribution in [0.2, 0.25) is 0 Å². The number of urea groups is 1. The van der Waals surface area contributed by atoms with Crippen molar-refractivity contribution in [1.29, 1.82) is 5.26 Å². The third-order valence-corrected chi connectivity index (χ3v) is 6.55. The number of aldehydes is 1. The van der Waals surface area contributed by atoms with E-state index in [2.05, 4.69) is 26.7 Å². The van der Waals surface area contributed by atoms with E-state index in [4.69, 9.17) is 4.74 Å². The topological polar surface area (TPSA) is 164 Å². The van der Waals surface area contributed by atoms with Crippen molar-refractivity contribution in [1.82, 2.24) is 19.8 Å². The summed E-state index contributed by atoms with van der Waals surface area (Å²) < 4.78 is 5.03. The number of anilines is 3. The third-order valence-electron chi connectivity index (χ3n) is 6.55. The number of ether oxygens (including phenoxy) is 1. The standard InChI is InChI=1S/C25H30N8O5/c1-31-7-8-32(24(36)23(31)35)14-17-10-16-4-3-6-33(22(16)29-20(17)15-34)25(37)30-21-11-19(27-5-9-38-2)18(12-26)13-28-21/h10-11,13,15,23,35H,3-9,14H2,1-2H3,(H2,27,28,30,37)/t23-/m1/s1. The molecule has 0 aliphatic carbocycles. The summed E-state index contributed by atoms with van der Waals surface area (Å²) in [5.74, 6) is 0.192. The van der Waals surface area contributed by atoms with Gasteiger partial charge in [-0.3, -0.25) is 24.7 Å². The molecule has 2 aromatic rings. The molecule has 0 radical (unpaired) electrons. The van der Waals surface area contributed by atoms with E-state index in [1.165, 1.54) is 16.0 Å². The molecule has 4 heterocycles. The average molecular weight is 523 g/mol. The number of nitriles is 1. The number of carbonyl (C=O) groups excluding carboxylic acids is 3. The number of methoxy groups -OCH3 is 1. The molecule has 2 aromatic heterocycles. The Bertz CT molecular complexity index is 1260. The van der Waals surface area contributed by atoms with Gasteiger partial charge in [0, 0.05) is 57.7 Å². The minimum Gasteiger partial charge on any atom is -0.383 e. The van der Waals surface area contributed by atoms with E-state index in [9.17, 15) is 24.8 Å². The minimum atomic E-state index is -1.22. The molecule has 13 nitrogen and oxygen atoms in total. The molecule has 0 bridgehead atoms. The average Bonchev–Trinajstić information content (AvgIpc) is 2.92. The van der Waals surface area contributed by atoms with Crippen LogP contribution in [-0.2, 0) is 22.5 Å². The normalized spacial score (nSPS) is 17.5. The number of likely N-dealkylation sites (N-methyl/N-ethyl adjacent to an activating group) is 1. The number of carbonyl (C=O) groups is 3. The van der Waals surface area contributed by atoms with Crippen LogP contribution in [0, 0.1) is 11.3 Å². The van der Waals surface area contributed by atoms with Gasteiger partial charge in [-0.1, -0.05) is 0 Å². The highest BCUT2D eigenvalue weighted by Gasteiger charge is 2.32. The van der Waals surface area contributed by atoms with Gasteiger partial charge in [0.05, 0.1) is 17.9 Å². The van der Waals surface area contributed by atoms with Crippen molar-refractivity contribution in [3.8, 4) is 6.07 Å². The van der Waals surface area contributed by atoms with Gasteiger partial charge in [-0.05, 0) is 31.5 Å². The smallest absolute Gasteiger partial charge is 0.328 e. The quantitative estimate of drug-likeness (QED) is 0.334. The number of piperazine rings is 1. The van der Waals surface area contributed by atoms with Crippen LogP contribution in [0.3, 0.4) is 0 Å². The van der Waals surface area contributed by atoms with Crippen LogP contribution in [0.5, 0.6) is 0 Å². The number of aromatic nitrogens is 2. The number of hydrogen-bond acceptors (Lipinski definition) is 10. The second-order valence-electron chi connectivity index (χ2n) is 9.08. The molecule has 2 aliphatic heterocycles. The number of fused-ring (bicyclic) bond motifs is 1. The first kappa shape index (κ1) is 26.9. The van der Waals surface area contributed by atoms with Crippen LogP contribution in [-0.4, -0.2) is 96.3 Å². The summed E-state index contributed by atoms with van der Waals surface area (Å²) in [7, 11) is 3.24. The number of aliphatic hydroxyl groups excluding tert-OH is 1. The Morgan fingerprint density at radius 1 is 1.34 bits per heavy atom. The molecule has 3 amide bonds. The van der Waals surface area contributed by atoms with E-state index < -0.39 is 18.2 Å². The highest BCUT2D eigenvalue weighted by Crippen LogP contribution is 2.29. The summed E-state index contributed by atoms with van der Waals surface area (Å²) in [6, 6.07) is 4.97. The van der Waals surface area contributed by atoms with Crippen molar-refractivity contribution in [3.63, 3.8) is 0 Å². The zero-order valence-corrected chi connectivity index (χ0v) is 21.3. The van der Waals surface area contributed by atoms with Crippen molar-refractivity contribution in [2.45, 2.75) is 25.6 Å². The molecule has 13 heteroatoms. The Balaban J connectivity index is 1.54. The molecule has 3 N–H and O–H groups in total. The fourth-order valence-electron chi connectivity index (χ4n) is 4.43. The highest BCUT2D eigenvalue weighted by atomic mass is 16.5. The zero-order chi connectivity index (χ0) is 27.2. The molecule has 1 atom stereocenters. The molecule has 4 rings (SSSR count). The van der Waals surface area contributed by atoms with Gasteiger partial charge in [0.2, 0.25) is 0 Å². The van der Waals surface area contributed by atoms with Crippen molar-refractivity contribution >= 4 is 35.5 Å². The Kier molecular flexibility index (Phi) is 8.47. The third kappa shape index (κ3) is 5.72. The van der Waals surface area contributed by atoms with Crippen LogP contribution >= 0.6 is 0 Å². The predicted molar refractivity (Wildman–Crippen MR) is 138 cm³/mol. The summed E-state index contributed by atoms with van der Waals surface area (Å²) in [5, 5.41) is 25.3. The van der Waals surface area contributed by atoms with Crippen molar-refractivity contribution in [2.75, 3.05) is 62.5 Å². The van der Waals surface area contributed by atoms with Gasteiger partial charge in [0.25, 0.3) is 5.91 Å². The number of hydrogen-bond donors (Lipinski definition) is 3. The van der Waals surface area contributed by atoms with Gasteiger partial charge in [-0.25, -0.2) is 14.8 Å². The van der Waals surface area contributed by atoms with Crippen LogP contribution in [0.25, 0.3) is 0 Å². The number of nitrogens with one attached hydrogen (secondary N) is 2. The summed E-state index contributed by atoms with van der Waals surface area (Å²) >= 11 is 0. The lowest BCUT2D eigenvalue weighted by atomic mass is 10.0. The van der Waals surface area contributed by atoms with Crippen LogP contribution in [0.4, 0.5) is 22.1 Å². The molecule has 200 valence electrons. The Hall–Kier alpha value is -4.12. The molecule has 0 saturated carbocycles. The summed E-state index contributed by atoms with van der Waals surface area (Å²) in [5.41, 5.74) is 2.32. The molecule has 2 aliphatic rings. The van der Waals surface area contributed by atoms with E-state index in [1.807, 2.05) is 0 Å². The fraction of sp³-hybridized carbons (Fsp3) is 0.440. The first-order valence-corrected chi connectivity index (χ1v) is 12.2. The van der Waals surface area contributed by atoms with Gasteiger partial charge in [-0.2, -0.15) is 5.26 Å². The molecular formula is C25H30N8O5. The SMILES string of the molecule is COCCNc1cc(NC(=O)N2CCCc3cc(CN4CCN(C)[C@H](O)C4=O)c(C=O)nc32)ncc1C#N. The first-order valence-electron chi connectivity index (χ1n) is 12.2. The largest absolute Gasteiger partial charge is 0.383 e. The van der Waals surface area contributed by atoms with Gasteiger partial charge in [0.15, 0.2) is 12.5 Å². The van der Waals surface area contributed by atoms with Crippen molar-refractivity contribution < 1.29 is 24.2 Å².